The maximum Gasteiger partial charge on any atom is 0.335 e. The van der Waals surface area contributed by atoms with E-state index in [1.807, 2.05) is 60.7 Å². The molecule has 0 saturated heterocycles. The van der Waals surface area contributed by atoms with E-state index in [1.165, 1.54) is 24.3 Å². The van der Waals surface area contributed by atoms with Gasteiger partial charge in [0, 0.05) is 5.69 Å². The summed E-state index contributed by atoms with van der Waals surface area (Å²) in [6, 6.07) is 23.0. The normalized spacial score (nSPS) is 12.5. The average Bonchev–Trinajstić information content (AvgIpc) is 2.82. The van der Waals surface area contributed by atoms with Gasteiger partial charge in [-0.25, -0.2) is 4.79 Å². The zero-order valence-electron chi connectivity index (χ0n) is 18.0. The van der Waals surface area contributed by atoms with Gasteiger partial charge in [0.1, 0.15) is 6.04 Å². The Bertz CT molecular complexity index is 1070. The molecule has 7 heteroatoms. The average molecular weight is 447 g/mol. The summed E-state index contributed by atoms with van der Waals surface area (Å²) in [4.78, 5) is 36.1. The van der Waals surface area contributed by atoms with Gasteiger partial charge in [-0.05, 0) is 54.7 Å². The standard InChI is InChI=1S/C26H26N2O5/c29-24(27-21-14-12-20(13-15-21)25(30)31)23(17-19-9-5-2-6-10-19)28-22(26(32)33)16-11-18-7-3-1-4-8-18/h1-10,12-15,22-23,28H,11,16-17H2,(H,27,29)(H,30,31)(H,32,33). The Morgan fingerprint density at radius 2 is 1.30 bits per heavy atom. The third-order valence-corrected chi connectivity index (χ3v) is 5.26. The van der Waals surface area contributed by atoms with Crippen LogP contribution in [0.25, 0.3) is 0 Å². The van der Waals surface area contributed by atoms with E-state index in [4.69, 9.17) is 5.11 Å². The lowest BCUT2D eigenvalue weighted by molar-refractivity contribution is -0.140. The second-order valence-corrected chi connectivity index (χ2v) is 7.70. The van der Waals surface area contributed by atoms with Crippen molar-refractivity contribution >= 4 is 23.5 Å². The van der Waals surface area contributed by atoms with E-state index in [9.17, 15) is 19.5 Å². The van der Waals surface area contributed by atoms with Gasteiger partial charge in [-0.15, -0.1) is 0 Å². The number of aryl methyl sites for hydroxylation is 1. The molecule has 7 nitrogen and oxygen atoms in total. The number of carboxylic acid groups (broad SMARTS) is 2. The Balaban J connectivity index is 1.74. The molecule has 1 amide bonds. The number of aliphatic carboxylic acids is 1. The van der Waals surface area contributed by atoms with E-state index in [2.05, 4.69) is 10.6 Å². The van der Waals surface area contributed by atoms with Crippen molar-refractivity contribution in [2.24, 2.45) is 0 Å². The second kappa shape index (κ2) is 11.6. The molecular weight excluding hydrogens is 420 g/mol. The number of carbonyl (C=O) groups excluding carboxylic acids is 1. The molecule has 0 bridgehead atoms. The van der Waals surface area contributed by atoms with Crippen LogP contribution in [0.4, 0.5) is 5.69 Å². The van der Waals surface area contributed by atoms with Crippen molar-refractivity contribution in [1.29, 1.82) is 0 Å². The van der Waals surface area contributed by atoms with Crippen molar-refractivity contribution in [3.8, 4) is 0 Å². The van der Waals surface area contributed by atoms with Crippen molar-refractivity contribution in [1.82, 2.24) is 5.32 Å². The summed E-state index contributed by atoms with van der Waals surface area (Å²) < 4.78 is 0. The molecule has 170 valence electrons. The number of rotatable bonds is 11. The quantitative estimate of drug-likeness (QED) is 0.358. The Morgan fingerprint density at radius 1 is 0.727 bits per heavy atom. The summed E-state index contributed by atoms with van der Waals surface area (Å²) in [5.41, 5.74) is 2.45. The highest BCUT2D eigenvalue weighted by molar-refractivity contribution is 5.96. The molecule has 3 rings (SSSR count). The van der Waals surface area contributed by atoms with Gasteiger partial charge >= 0.3 is 11.9 Å². The molecular formula is C26H26N2O5. The number of hydrogen-bond acceptors (Lipinski definition) is 4. The fraction of sp³-hybridized carbons (Fsp3) is 0.192. The van der Waals surface area contributed by atoms with Crippen LogP contribution in [-0.4, -0.2) is 40.1 Å². The number of benzene rings is 3. The van der Waals surface area contributed by atoms with E-state index in [0.29, 0.717) is 24.9 Å². The van der Waals surface area contributed by atoms with Crippen molar-refractivity contribution in [2.45, 2.75) is 31.3 Å². The zero-order chi connectivity index (χ0) is 23.6. The lowest BCUT2D eigenvalue weighted by atomic mass is 10.0. The molecule has 0 heterocycles. The summed E-state index contributed by atoms with van der Waals surface area (Å²) in [7, 11) is 0. The van der Waals surface area contributed by atoms with E-state index in [1.54, 1.807) is 0 Å². The number of carbonyl (C=O) groups is 3. The SMILES string of the molecule is O=C(O)c1ccc(NC(=O)C(Cc2ccccc2)NC(CCc2ccccc2)C(=O)O)cc1. The maximum absolute atomic E-state index is 13.1. The third-order valence-electron chi connectivity index (χ3n) is 5.26. The van der Waals surface area contributed by atoms with Crippen molar-refractivity contribution in [2.75, 3.05) is 5.32 Å². The molecule has 0 saturated carbocycles. The van der Waals surface area contributed by atoms with Gasteiger partial charge in [-0.3, -0.25) is 14.9 Å². The fourth-order valence-electron chi connectivity index (χ4n) is 3.48. The van der Waals surface area contributed by atoms with E-state index < -0.39 is 29.9 Å². The molecule has 0 spiro atoms. The summed E-state index contributed by atoms with van der Waals surface area (Å²) in [5.74, 6) is -2.48. The molecule has 4 N–H and O–H groups in total. The highest BCUT2D eigenvalue weighted by atomic mass is 16.4. The van der Waals surface area contributed by atoms with E-state index in [0.717, 1.165) is 11.1 Å². The third kappa shape index (κ3) is 7.29. The van der Waals surface area contributed by atoms with Gasteiger partial charge in [-0.1, -0.05) is 60.7 Å². The van der Waals surface area contributed by atoms with Gasteiger partial charge in [0.2, 0.25) is 5.91 Å². The molecule has 0 aliphatic carbocycles. The molecule has 33 heavy (non-hydrogen) atoms. The number of hydrogen-bond donors (Lipinski definition) is 4. The van der Waals surface area contributed by atoms with Gasteiger partial charge in [0.25, 0.3) is 0 Å². The lowest BCUT2D eigenvalue weighted by Crippen LogP contribution is -2.50. The van der Waals surface area contributed by atoms with Gasteiger partial charge in [0.05, 0.1) is 11.6 Å². The lowest BCUT2D eigenvalue weighted by Gasteiger charge is -2.23. The second-order valence-electron chi connectivity index (χ2n) is 7.70. The highest BCUT2D eigenvalue weighted by Crippen LogP contribution is 2.13. The smallest absolute Gasteiger partial charge is 0.335 e. The summed E-state index contributed by atoms with van der Waals surface area (Å²) in [5, 5.41) is 24.6. The minimum absolute atomic E-state index is 0.110. The maximum atomic E-state index is 13.1. The first kappa shape index (κ1) is 23.7. The minimum atomic E-state index is -1.06. The van der Waals surface area contributed by atoms with Crippen molar-refractivity contribution in [3.05, 3.63) is 102 Å². The monoisotopic (exact) mass is 446 g/mol. The first-order valence-corrected chi connectivity index (χ1v) is 10.6. The van der Waals surface area contributed by atoms with Crippen LogP contribution in [0.1, 0.15) is 27.9 Å². The van der Waals surface area contributed by atoms with Crippen LogP contribution < -0.4 is 10.6 Å². The number of aromatic carboxylic acids is 1. The van der Waals surface area contributed by atoms with E-state index >= 15 is 0 Å². The molecule has 2 unspecified atom stereocenters. The topological polar surface area (TPSA) is 116 Å². The van der Waals surface area contributed by atoms with Crippen molar-refractivity contribution < 1.29 is 24.6 Å². The van der Waals surface area contributed by atoms with Crippen LogP contribution in [0, 0.1) is 0 Å². The fourth-order valence-corrected chi connectivity index (χ4v) is 3.48. The van der Waals surface area contributed by atoms with Crippen LogP contribution in [0.15, 0.2) is 84.9 Å². The minimum Gasteiger partial charge on any atom is -0.480 e. The number of anilines is 1. The molecule has 2 atom stereocenters. The Hall–Kier alpha value is -3.97. The van der Waals surface area contributed by atoms with Gasteiger partial charge in [-0.2, -0.15) is 0 Å². The molecule has 0 aromatic heterocycles. The van der Waals surface area contributed by atoms with Gasteiger partial charge < -0.3 is 15.5 Å². The number of amides is 1. The summed E-state index contributed by atoms with van der Waals surface area (Å²) in [6.45, 7) is 0. The van der Waals surface area contributed by atoms with Crippen LogP contribution in [0.5, 0.6) is 0 Å². The molecule has 3 aromatic carbocycles. The van der Waals surface area contributed by atoms with Crippen LogP contribution in [0.2, 0.25) is 0 Å². The summed E-state index contributed by atoms with van der Waals surface area (Å²) >= 11 is 0. The van der Waals surface area contributed by atoms with Crippen LogP contribution in [-0.2, 0) is 22.4 Å². The molecule has 0 radical (unpaired) electrons. The predicted molar refractivity (Wildman–Crippen MR) is 125 cm³/mol. The van der Waals surface area contributed by atoms with Crippen LogP contribution >= 0.6 is 0 Å². The largest absolute Gasteiger partial charge is 0.480 e. The molecule has 0 aliphatic rings. The molecule has 3 aromatic rings. The van der Waals surface area contributed by atoms with Crippen LogP contribution in [0.3, 0.4) is 0 Å². The first-order chi connectivity index (χ1) is 15.9. The number of carboxylic acids is 2. The Labute approximate surface area is 192 Å². The molecule has 0 fully saturated rings. The summed E-state index contributed by atoms with van der Waals surface area (Å²) in [6.07, 6.45) is 1.18. The predicted octanol–water partition coefficient (Wildman–Crippen LogP) is 3.61. The van der Waals surface area contributed by atoms with E-state index in [-0.39, 0.29) is 5.56 Å². The highest BCUT2D eigenvalue weighted by Gasteiger charge is 2.26. The molecule has 0 aliphatic heterocycles. The Kier molecular flexibility index (Phi) is 8.32. The van der Waals surface area contributed by atoms with Crippen molar-refractivity contribution in [3.63, 3.8) is 0 Å². The zero-order valence-corrected chi connectivity index (χ0v) is 18.0. The Morgan fingerprint density at radius 3 is 1.85 bits per heavy atom. The number of nitrogens with one attached hydrogen (secondary N) is 2. The van der Waals surface area contributed by atoms with Gasteiger partial charge in [0.15, 0.2) is 0 Å². The first-order valence-electron chi connectivity index (χ1n) is 10.6.